The molecule has 0 aromatic heterocycles. The second-order valence-corrected chi connectivity index (χ2v) is 4.35. The Bertz CT molecular complexity index is 436. The smallest absolute Gasteiger partial charge is 0.352 e. The third-order valence-electron chi connectivity index (χ3n) is 2.98. The number of carbonyl (C=O) groups excluding carboxylic acids is 1. The third kappa shape index (κ3) is 3.45. The summed E-state index contributed by atoms with van der Waals surface area (Å²) < 4.78 is 38.0. The van der Waals surface area contributed by atoms with Gasteiger partial charge in [-0.3, -0.25) is 10.2 Å². The van der Waals surface area contributed by atoms with Crippen LogP contribution < -0.4 is 16.2 Å². The highest BCUT2D eigenvalue weighted by atomic mass is 19.4. The van der Waals surface area contributed by atoms with Crippen molar-refractivity contribution in [1.82, 2.24) is 16.2 Å². The minimum atomic E-state index is -4.45. The first-order chi connectivity index (χ1) is 8.98. The van der Waals surface area contributed by atoms with Gasteiger partial charge < -0.3 is 5.32 Å². The Hall–Kier alpha value is -1.60. The van der Waals surface area contributed by atoms with Crippen LogP contribution in [0.25, 0.3) is 0 Å². The molecule has 2 atom stereocenters. The molecule has 3 N–H and O–H groups in total. The average Bonchev–Trinajstić information content (AvgIpc) is 2.86. The molecule has 2 rings (SSSR count). The first-order valence-electron chi connectivity index (χ1n) is 5.85. The zero-order chi connectivity index (χ0) is 13.9. The molecule has 2 unspecified atom stereocenters. The van der Waals surface area contributed by atoms with Crippen LogP contribution in [-0.2, 0) is 11.3 Å². The summed E-state index contributed by atoms with van der Waals surface area (Å²) in [5, 5.41) is 2.52. The normalized spacial score (nSPS) is 23.3. The topological polar surface area (TPSA) is 53.2 Å². The number of benzene rings is 1. The number of rotatable bonds is 3. The van der Waals surface area contributed by atoms with Gasteiger partial charge in [-0.05, 0) is 5.56 Å². The predicted molar refractivity (Wildman–Crippen MR) is 62.8 cm³/mol. The van der Waals surface area contributed by atoms with Crippen molar-refractivity contribution in [2.24, 2.45) is 5.92 Å². The summed E-state index contributed by atoms with van der Waals surface area (Å²) in [5.74, 6) is -1.76. The van der Waals surface area contributed by atoms with Gasteiger partial charge in [-0.25, -0.2) is 5.43 Å². The molecular weight excluding hydrogens is 259 g/mol. The maximum absolute atomic E-state index is 12.7. The summed E-state index contributed by atoms with van der Waals surface area (Å²) in [6, 6.07) is 7.19. The van der Waals surface area contributed by atoms with Gasteiger partial charge in [0.1, 0.15) is 6.04 Å². The summed E-state index contributed by atoms with van der Waals surface area (Å²) in [7, 11) is 0. The molecule has 1 aromatic carbocycles. The van der Waals surface area contributed by atoms with E-state index in [4.69, 9.17) is 0 Å². The van der Waals surface area contributed by atoms with Gasteiger partial charge in [0, 0.05) is 13.1 Å². The zero-order valence-electron chi connectivity index (χ0n) is 10.00. The van der Waals surface area contributed by atoms with Gasteiger partial charge in [-0.15, -0.1) is 0 Å². The molecule has 4 nitrogen and oxygen atoms in total. The van der Waals surface area contributed by atoms with Crippen LogP contribution >= 0.6 is 0 Å². The molecule has 7 heteroatoms. The fraction of sp³-hybridized carbons (Fsp3) is 0.417. The minimum absolute atomic E-state index is 0.0369. The van der Waals surface area contributed by atoms with E-state index in [2.05, 4.69) is 16.2 Å². The summed E-state index contributed by atoms with van der Waals surface area (Å²) in [5.41, 5.74) is 5.31. The molecule has 19 heavy (non-hydrogen) atoms. The largest absolute Gasteiger partial charge is 0.405 e. The molecule has 1 saturated heterocycles. The van der Waals surface area contributed by atoms with E-state index in [-0.39, 0.29) is 13.1 Å². The first-order valence-corrected chi connectivity index (χ1v) is 5.85. The summed E-state index contributed by atoms with van der Waals surface area (Å²) in [4.78, 5) is 11.8. The summed E-state index contributed by atoms with van der Waals surface area (Å²) >= 11 is 0. The van der Waals surface area contributed by atoms with E-state index < -0.39 is 24.0 Å². The Morgan fingerprint density at radius 3 is 2.63 bits per heavy atom. The molecule has 0 saturated carbocycles. The lowest BCUT2D eigenvalue weighted by atomic mass is 10.0. The maximum atomic E-state index is 12.7. The van der Waals surface area contributed by atoms with Gasteiger partial charge in [-0.1, -0.05) is 30.3 Å². The van der Waals surface area contributed by atoms with Crippen molar-refractivity contribution in [2.45, 2.75) is 18.8 Å². The molecular formula is C12H14F3N3O. The molecule has 1 amide bonds. The van der Waals surface area contributed by atoms with E-state index in [1.165, 1.54) is 0 Å². The molecule has 1 heterocycles. The van der Waals surface area contributed by atoms with E-state index in [0.29, 0.717) is 0 Å². The Kier molecular flexibility index (Phi) is 4.06. The molecule has 0 radical (unpaired) electrons. The second-order valence-electron chi connectivity index (χ2n) is 4.35. The zero-order valence-corrected chi connectivity index (χ0v) is 10.00. The maximum Gasteiger partial charge on any atom is 0.405 e. The van der Waals surface area contributed by atoms with Gasteiger partial charge in [0.25, 0.3) is 0 Å². The molecule has 1 aliphatic heterocycles. The van der Waals surface area contributed by atoms with E-state index in [9.17, 15) is 18.0 Å². The van der Waals surface area contributed by atoms with Gasteiger partial charge in [0.05, 0.1) is 5.92 Å². The lowest BCUT2D eigenvalue weighted by Crippen LogP contribution is -2.48. The Labute approximate surface area is 108 Å². The van der Waals surface area contributed by atoms with Crippen molar-refractivity contribution in [3.63, 3.8) is 0 Å². The van der Waals surface area contributed by atoms with E-state index in [1.807, 2.05) is 6.07 Å². The highest BCUT2D eigenvalue weighted by Crippen LogP contribution is 2.27. The molecule has 1 aliphatic rings. The molecule has 0 aliphatic carbocycles. The fourth-order valence-electron chi connectivity index (χ4n) is 1.97. The highest BCUT2D eigenvalue weighted by Gasteiger charge is 2.50. The lowest BCUT2D eigenvalue weighted by molar-refractivity contribution is -0.166. The van der Waals surface area contributed by atoms with Crippen LogP contribution in [0.1, 0.15) is 5.56 Å². The highest BCUT2D eigenvalue weighted by molar-refractivity contribution is 5.80. The fourth-order valence-corrected chi connectivity index (χ4v) is 1.97. The number of amides is 1. The van der Waals surface area contributed by atoms with Crippen molar-refractivity contribution in [2.75, 3.05) is 6.54 Å². The van der Waals surface area contributed by atoms with Crippen LogP contribution in [0.15, 0.2) is 30.3 Å². The molecule has 0 spiro atoms. The average molecular weight is 273 g/mol. The number of hydrazine groups is 1. The van der Waals surface area contributed by atoms with Crippen LogP contribution in [0.4, 0.5) is 13.2 Å². The summed E-state index contributed by atoms with van der Waals surface area (Å²) in [6.07, 6.45) is -4.45. The minimum Gasteiger partial charge on any atom is -0.352 e. The van der Waals surface area contributed by atoms with Crippen LogP contribution in [0.2, 0.25) is 0 Å². The number of hydrogen-bond acceptors (Lipinski definition) is 3. The Balaban J connectivity index is 1.93. The van der Waals surface area contributed by atoms with E-state index >= 15 is 0 Å². The molecule has 1 fully saturated rings. The lowest BCUT2D eigenvalue weighted by Gasteiger charge is -2.20. The monoisotopic (exact) mass is 273 g/mol. The van der Waals surface area contributed by atoms with Crippen molar-refractivity contribution < 1.29 is 18.0 Å². The Morgan fingerprint density at radius 1 is 1.32 bits per heavy atom. The van der Waals surface area contributed by atoms with Gasteiger partial charge in [-0.2, -0.15) is 13.2 Å². The van der Waals surface area contributed by atoms with Crippen molar-refractivity contribution in [3.8, 4) is 0 Å². The van der Waals surface area contributed by atoms with Gasteiger partial charge in [0.2, 0.25) is 5.91 Å². The van der Waals surface area contributed by atoms with Crippen LogP contribution in [0.3, 0.4) is 0 Å². The SMILES string of the molecule is O=C(NCc1ccccc1)C1CNNC1C(F)(F)F. The summed E-state index contributed by atoms with van der Waals surface area (Å²) in [6.45, 7) is 0.186. The third-order valence-corrected chi connectivity index (χ3v) is 2.98. The second kappa shape index (κ2) is 5.58. The van der Waals surface area contributed by atoms with Crippen LogP contribution in [0.5, 0.6) is 0 Å². The van der Waals surface area contributed by atoms with Crippen LogP contribution in [-0.4, -0.2) is 24.7 Å². The first kappa shape index (κ1) is 13.8. The van der Waals surface area contributed by atoms with E-state index in [1.54, 1.807) is 24.3 Å². The molecule has 1 aromatic rings. The van der Waals surface area contributed by atoms with Crippen molar-refractivity contribution in [1.29, 1.82) is 0 Å². The number of hydrogen-bond donors (Lipinski definition) is 3. The van der Waals surface area contributed by atoms with Gasteiger partial charge in [0.15, 0.2) is 0 Å². The predicted octanol–water partition coefficient (Wildman–Crippen LogP) is 0.958. The number of halogens is 3. The van der Waals surface area contributed by atoms with Gasteiger partial charge >= 0.3 is 6.18 Å². The van der Waals surface area contributed by atoms with Crippen molar-refractivity contribution >= 4 is 5.91 Å². The Morgan fingerprint density at radius 2 is 2.00 bits per heavy atom. The molecule has 104 valence electrons. The van der Waals surface area contributed by atoms with Crippen molar-refractivity contribution in [3.05, 3.63) is 35.9 Å². The van der Waals surface area contributed by atoms with Crippen LogP contribution in [0, 0.1) is 5.92 Å². The number of alkyl halides is 3. The number of nitrogens with one attached hydrogen (secondary N) is 3. The quantitative estimate of drug-likeness (QED) is 0.769. The standard InChI is InChI=1S/C12H14F3N3O/c13-12(14,15)10-9(7-17-18-10)11(19)16-6-8-4-2-1-3-5-8/h1-5,9-10,17-18H,6-7H2,(H,16,19). The number of carbonyl (C=O) groups is 1. The molecule has 0 bridgehead atoms. The van der Waals surface area contributed by atoms with E-state index in [0.717, 1.165) is 5.56 Å².